The van der Waals surface area contributed by atoms with Gasteiger partial charge in [-0.2, -0.15) is 4.31 Å². The number of aromatic nitrogens is 2. The second-order valence-corrected chi connectivity index (χ2v) is 7.70. The molecule has 0 atom stereocenters. The lowest BCUT2D eigenvalue weighted by molar-refractivity contribution is 0.0737. The van der Waals surface area contributed by atoms with Gasteiger partial charge < -0.3 is 4.74 Å². The van der Waals surface area contributed by atoms with Crippen LogP contribution in [0, 0.1) is 0 Å². The molecule has 20 heavy (non-hydrogen) atoms. The minimum absolute atomic E-state index is 0.00228. The van der Waals surface area contributed by atoms with Crippen LogP contribution >= 0.6 is 22.9 Å². The lowest BCUT2D eigenvalue weighted by atomic mass is 10.5. The van der Waals surface area contributed by atoms with E-state index in [0.29, 0.717) is 11.6 Å². The van der Waals surface area contributed by atoms with Gasteiger partial charge in [0, 0.05) is 25.2 Å². The molecule has 0 spiro atoms. The third kappa shape index (κ3) is 2.99. The molecule has 112 valence electrons. The van der Waals surface area contributed by atoms with Crippen molar-refractivity contribution in [1.82, 2.24) is 13.7 Å². The number of thiazole rings is 1. The number of hydrogen-bond acceptors (Lipinski definition) is 5. The van der Waals surface area contributed by atoms with Crippen molar-refractivity contribution in [3.05, 3.63) is 16.7 Å². The van der Waals surface area contributed by atoms with Crippen LogP contribution in [-0.2, 0) is 14.8 Å². The number of hydrogen-bond donors (Lipinski definition) is 0. The monoisotopic (exact) mass is 337 g/mol. The van der Waals surface area contributed by atoms with Crippen molar-refractivity contribution in [2.75, 3.05) is 20.2 Å². The third-order valence-electron chi connectivity index (χ3n) is 2.69. The van der Waals surface area contributed by atoms with E-state index in [1.165, 1.54) is 27.1 Å². The maximum atomic E-state index is 12.5. The van der Waals surface area contributed by atoms with E-state index in [1.54, 1.807) is 11.6 Å². The van der Waals surface area contributed by atoms with Crippen LogP contribution in [0.5, 0.6) is 0 Å². The van der Waals surface area contributed by atoms with Crippen LogP contribution in [0.4, 0.5) is 0 Å². The van der Waals surface area contributed by atoms with Crippen LogP contribution in [0.15, 0.2) is 16.6 Å². The zero-order chi connectivity index (χ0) is 14.9. The molecule has 2 rings (SSSR count). The molecule has 0 aliphatic carbocycles. The molecule has 0 bridgehead atoms. The molecule has 0 aliphatic rings. The zero-order valence-electron chi connectivity index (χ0n) is 11.4. The number of likely N-dealkylation sites (N-methyl/N-ethyl adjacent to an activating group) is 1. The van der Waals surface area contributed by atoms with Crippen molar-refractivity contribution >= 4 is 37.9 Å². The molecule has 0 unspecified atom stereocenters. The van der Waals surface area contributed by atoms with E-state index in [1.807, 2.05) is 13.8 Å². The van der Waals surface area contributed by atoms with Crippen molar-refractivity contribution in [1.29, 1.82) is 0 Å². The topological polar surface area (TPSA) is 63.9 Å². The minimum Gasteiger partial charge on any atom is -0.377 e. The number of fused-ring (bicyclic) bond motifs is 1. The fraction of sp³-hybridized carbons (Fsp3) is 0.545. The highest BCUT2D eigenvalue weighted by atomic mass is 35.5. The number of ether oxygens (including phenoxy) is 1. The maximum absolute atomic E-state index is 12.5. The summed E-state index contributed by atoms with van der Waals surface area (Å²) in [5, 5.41) is 1.76. The first kappa shape index (κ1) is 15.7. The number of imidazole rings is 1. The molecule has 2 aromatic heterocycles. The molecule has 9 heteroatoms. The highest BCUT2D eigenvalue weighted by molar-refractivity contribution is 7.89. The van der Waals surface area contributed by atoms with Gasteiger partial charge in [-0.25, -0.2) is 13.4 Å². The van der Waals surface area contributed by atoms with Gasteiger partial charge in [0.2, 0.25) is 0 Å². The Morgan fingerprint density at radius 3 is 2.90 bits per heavy atom. The first-order valence-corrected chi connectivity index (χ1v) is 8.72. The second-order valence-electron chi connectivity index (χ2n) is 4.51. The van der Waals surface area contributed by atoms with E-state index in [2.05, 4.69) is 4.98 Å². The standard InChI is InChI=1S/C11H16ClN3O3S2/c1-8(2)18-6-4-14(3)20(16,17)10-9(12)13-11-15(10)5-7-19-11/h5,7-8H,4,6H2,1-3H3. The molecule has 0 amide bonds. The van der Waals surface area contributed by atoms with Gasteiger partial charge >= 0.3 is 0 Å². The Labute approximate surface area is 127 Å². The summed E-state index contributed by atoms with van der Waals surface area (Å²) in [6, 6.07) is 0. The fourth-order valence-corrected chi connectivity index (χ4v) is 4.20. The smallest absolute Gasteiger partial charge is 0.262 e. The van der Waals surface area contributed by atoms with Crippen LogP contribution < -0.4 is 0 Å². The Hall–Kier alpha value is -0.670. The lowest BCUT2D eigenvalue weighted by Gasteiger charge is -2.17. The summed E-state index contributed by atoms with van der Waals surface area (Å²) < 4.78 is 33.1. The van der Waals surface area contributed by atoms with Gasteiger partial charge in [-0.15, -0.1) is 11.3 Å². The van der Waals surface area contributed by atoms with Crippen molar-refractivity contribution in [3.63, 3.8) is 0 Å². The van der Waals surface area contributed by atoms with Crippen LogP contribution in [0.2, 0.25) is 5.15 Å². The normalized spacial score (nSPS) is 12.9. The largest absolute Gasteiger partial charge is 0.377 e. The molecule has 0 saturated carbocycles. The highest BCUT2D eigenvalue weighted by Crippen LogP contribution is 2.27. The van der Waals surface area contributed by atoms with Gasteiger partial charge in [-0.1, -0.05) is 11.6 Å². The SMILES string of the molecule is CC(C)OCCN(C)S(=O)(=O)c1c(Cl)nc2sccn12. The Kier molecular flexibility index (Phi) is 4.70. The molecule has 0 aliphatic heterocycles. The van der Waals surface area contributed by atoms with Crippen LogP contribution in [-0.4, -0.2) is 48.4 Å². The van der Waals surface area contributed by atoms with Gasteiger partial charge in [0.15, 0.2) is 15.1 Å². The predicted octanol–water partition coefficient (Wildman–Crippen LogP) is 2.09. The summed E-state index contributed by atoms with van der Waals surface area (Å²) in [5.41, 5.74) is 0. The van der Waals surface area contributed by atoms with Gasteiger partial charge in [0.1, 0.15) is 0 Å². The van der Waals surface area contributed by atoms with Crippen LogP contribution in [0.25, 0.3) is 4.96 Å². The Morgan fingerprint density at radius 2 is 2.25 bits per heavy atom. The number of nitrogens with zero attached hydrogens (tertiary/aromatic N) is 3. The second kappa shape index (κ2) is 5.98. The Morgan fingerprint density at radius 1 is 1.55 bits per heavy atom. The molecular weight excluding hydrogens is 322 g/mol. The molecular formula is C11H16ClN3O3S2. The summed E-state index contributed by atoms with van der Waals surface area (Å²) in [7, 11) is -2.19. The van der Waals surface area contributed by atoms with Gasteiger partial charge in [0.05, 0.1) is 12.7 Å². The first-order valence-electron chi connectivity index (χ1n) is 6.03. The van der Waals surface area contributed by atoms with Crippen LogP contribution in [0.1, 0.15) is 13.8 Å². The van der Waals surface area contributed by atoms with Gasteiger partial charge in [-0.3, -0.25) is 4.40 Å². The molecule has 0 radical (unpaired) electrons. The summed E-state index contributed by atoms with van der Waals surface area (Å²) in [6.07, 6.45) is 1.71. The van der Waals surface area contributed by atoms with Crippen molar-refractivity contribution in [3.8, 4) is 0 Å². The first-order chi connectivity index (χ1) is 9.34. The minimum atomic E-state index is -3.69. The quantitative estimate of drug-likeness (QED) is 0.809. The Bertz CT molecular complexity index is 693. The average molecular weight is 338 g/mol. The van der Waals surface area contributed by atoms with Crippen molar-refractivity contribution < 1.29 is 13.2 Å². The summed E-state index contributed by atoms with van der Waals surface area (Å²) in [5.74, 6) is 0. The van der Waals surface area contributed by atoms with Gasteiger partial charge in [-0.05, 0) is 13.8 Å². The van der Waals surface area contributed by atoms with E-state index in [-0.39, 0.29) is 22.8 Å². The molecule has 6 nitrogen and oxygen atoms in total. The fourth-order valence-electron chi connectivity index (χ4n) is 1.65. The predicted molar refractivity (Wildman–Crippen MR) is 79.0 cm³/mol. The molecule has 0 N–H and O–H groups in total. The van der Waals surface area contributed by atoms with Crippen molar-refractivity contribution in [2.45, 2.75) is 25.0 Å². The Balaban J connectivity index is 2.25. The molecule has 2 aromatic rings. The van der Waals surface area contributed by atoms with E-state index in [4.69, 9.17) is 16.3 Å². The molecule has 2 heterocycles. The lowest BCUT2D eigenvalue weighted by Crippen LogP contribution is -2.31. The van der Waals surface area contributed by atoms with E-state index in [0.717, 1.165) is 0 Å². The zero-order valence-corrected chi connectivity index (χ0v) is 13.8. The van der Waals surface area contributed by atoms with E-state index < -0.39 is 10.0 Å². The number of sulfonamides is 1. The molecule has 0 aromatic carbocycles. The summed E-state index contributed by atoms with van der Waals surface area (Å²) >= 11 is 7.29. The van der Waals surface area contributed by atoms with Gasteiger partial charge in [0.25, 0.3) is 10.0 Å². The third-order valence-corrected chi connectivity index (χ3v) is 5.70. The number of halogens is 1. The molecule has 0 saturated heterocycles. The summed E-state index contributed by atoms with van der Waals surface area (Å²) in [4.78, 5) is 4.60. The maximum Gasteiger partial charge on any atom is 0.262 e. The summed E-state index contributed by atoms with van der Waals surface area (Å²) in [6.45, 7) is 4.39. The molecule has 0 fully saturated rings. The van der Waals surface area contributed by atoms with Crippen molar-refractivity contribution in [2.24, 2.45) is 0 Å². The average Bonchev–Trinajstić information content (AvgIpc) is 2.87. The van der Waals surface area contributed by atoms with E-state index >= 15 is 0 Å². The highest BCUT2D eigenvalue weighted by Gasteiger charge is 2.29. The number of rotatable bonds is 6. The van der Waals surface area contributed by atoms with E-state index in [9.17, 15) is 8.42 Å². The van der Waals surface area contributed by atoms with Crippen LogP contribution in [0.3, 0.4) is 0 Å².